The number of hydrazone groups is 1. The number of nitrogens with zero attached hydrogens (tertiary/aromatic N) is 4. The maximum atomic E-state index is 12.5. The van der Waals surface area contributed by atoms with Crippen molar-refractivity contribution in [2.24, 2.45) is 10.1 Å². The molecule has 0 spiro atoms. The largest absolute Gasteiger partial charge is 0.490 e. The number of amides is 1. The molecule has 1 N–H and O–H groups in total. The Balaban J connectivity index is 1.60. The van der Waals surface area contributed by atoms with Crippen molar-refractivity contribution in [1.82, 2.24) is 5.01 Å². The van der Waals surface area contributed by atoms with Gasteiger partial charge in [-0.25, -0.2) is 0 Å². The van der Waals surface area contributed by atoms with Gasteiger partial charge >= 0.3 is 0 Å². The summed E-state index contributed by atoms with van der Waals surface area (Å²) in [5.41, 5.74) is 1.29. The third kappa shape index (κ3) is 4.80. The number of nitrogens with one attached hydrogen (secondary N) is 1. The average molecular weight is 500 g/mol. The van der Waals surface area contributed by atoms with E-state index >= 15 is 0 Å². The van der Waals surface area contributed by atoms with Crippen molar-refractivity contribution in [2.75, 3.05) is 6.61 Å². The molecule has 0 radical (unpaired) electrons. The first-order valence-corrected chi connectivity index (χ1v) is 11.3. The minimum absolute atomic E-state index is 0.0122. The molecule has 2 aliphatic rings. The predicted octanol–water partition coefficient (Wildman–Crippen LogP) is 4.86. The molecular formula is C22H18ClN5O5S. The number of carbonyl (C=O) groups is 1. The smallest absolute Gasteiger partial charge is 0.283 e. The zero-order valence-corrected chi connectivity index (χ0v) is 19.6. The van der Waals surface area contributed by atoms with Gasteiger partial charge in [0.05, 0.1) is 27.2 Å². The van der Waals surface area contributed by atoms with E-state index in [0.29, 0.717) is 39.4 Å². The van der Waals surface area contributed by atoms with Crippen molar-refractivity contribution in [1.29, 1.82) is 5.41 Å². The van der Waals surface area contributed by atoms with Gasteiger partial charge in [-0.1, -0.05) is 11.6 Å². The molecular weight excluding hydrogens is 482 g/mol. The minimum atomic E-state index is -0.541. The second kappa shape index (κ2) is 9.65. The predicted molar refractivity (Wildman–Crippen MR) is 131 cm³/mol. The fraction of sp³-hybridized carbons (Fsp3) is 0.182. The Morgan fingerprint density at radius 2 is 2.00 bits per heavy atom. The molecule has 0 aromatic heterocycles. The van der Waals surface area contributed by atoms with Gasteiger partial charge in [-0.2, -0.15) is 15.1 Å². The number of non-ortho nitro benzene ring substituents is 1. The number of nitro benzene ring substituents is 1. The van der Waals surface area contributed by atoms with Gasteiger partial charge < -0.3 is 9.47 Å². The molecule has 0 fully saturated rings. The third-order valence-corrected chi connectivity index (χ3v) is 5.83. The van der Waals surface area contributed by atoms with Crippen LogP contribution in [0.4, 0.5) is 5.69 Å². The molecule has 0 bridgehead atoms. The second-order valence-electron chi connectivity index (χ2n) is 7.11. The molecule has 10 nitrogen and oxygen atoms in total. The van der Waals surface area contributed by atoms with Gasteiger partial charge in [-0.05, 0) is 67.1 Å². The molecule has 2 aromatic carbocycles. The zero-order valence-electron chi connectivity index (χ0n) is 18.1. The second-order valence-corrected chi connectivity index (χ2v) is 8.68. The van der Waals surface area contributed by atoms with E-state index in [4.69, 9.17) is 26.5 Å². The van der Waals surface area contributed by atoms with Crippen LogP contribution in [0.1, 0.15) is 25.0 Å². The molecule has 174 valence electrons. The number of amidine groups is 2. The lowest BCUT2D eigenvalue weighted by Crippen LogP contribution is -2.35. The van der Waals surface area contributed by atoms with Crippen molar-refractivity contribution in [3.05, 3.63) is 68.2 Å². The first-order chi connectivity index (χ1) is 16.3. The normalized spacial score (nSPS) is 16.3. The van der Waals surface area contributed by atoms with E-state index < -0.39 is 10.8 Å². The van der Waals surface area contributed by atoms with Crippen LogP contribution in [-0.2, 0) is 11.4 Å². The van der Waals surface area contributed by atoms with Gasteiger partial charge in [0.15, 0.2) is 17.3 Å². The standard InChI is InChI=1S/C22H18ClN5O5S/c1-3-32-18-10-14(8-16-20(24)27-22(25-21(16)29)34-12(2)26-27)9-17(23)19(18)33-11-13-4-6-15(7-5-13)28(30)31/h4-10,24H,3,11H2,1-2H3/b16-8-,24-20?. The van der Waals surface area contributed by atoms with Crippen LogP contribution in [0.15, 0.2) is 52.1 Å². The molecule has 2 heterocycles. The Labute approximate surface area is 203 Å². The maximum absolute atomic E-state index is 12.5. The molecule has 0 aliphatic carbocycles. The number of thioether (sulfide) groups is 1. The third-order valence-electron chi connectivity index (χ3n) is 4.73. The van der Waals surface area contributed by atoms with Crippen LogP contribution >= 0.6 is 23.4 Å². The first kappa shape index (κ1) is 23.5. The van der Waals surface area contributed by atoms with Crippen molar-refractivity contribution >= 4 is 57.1 Å². The summed E-state index contributed by atoms with van der Waals surface area (Å²) in [6, 6.07) is 9.24. The van der Waals surface area contributed by atoms with E-state index in [9.17, 15) is 14.9 Å². The highest BCUT2D eigenvalue weighted by molar-refractivity contribution is 8.26. The van der Waals surface area contributed by atoms with Gasteiger partial charge in [0, 0.05) is 12.1 Å². The Morgan fingerprint density at radius 3 is 2.68 bits per heavy atom. The van der Waals surface area contributed by atoms with Crippen LogP contribution in [0.5, 0.6) is 11.5 Å². The molecule has 0 unspecified atom stereocenters. The summed E-state index contributed by atoms with van der Waals surface area (Å²) in [6.45, 7) is 4.03. The Morgan fingerprint density at radius 1 is 1.26 bits per heavy atom. The summed E-state index contributed by atoms with van der Waals surface area (Å²) >= 11 is 7.71. The highest BCUT2D eigenvalue weighted by atomic mass is 35.5. The molecule has 0 saturated heterocycles. The van der Waals surface area contributed by atoms with E-state index in [-0.39, 0.29) is 28.7 Å². The molecule has 34 heavy (non-hydrogen) atoms. The van der Waals surface area contributed by atoms with Crippen LogP contribution in [0, 0.1) is 15.5 Å². The number of aliphatic imine (C=N–C) groups is 1. The number of halogens is 1. The Bertz CT molecular complexity index is 1290. The summed E-state index contributed by atoms with van der Waals surface area (Å²) in [4.78, 5) is 26.9. The van der Waals surface area contributed by atoms with E-state index in [2.05, 4.69) is 10.1 Å². The monoisotopic (exact) mass is 499 g/mol. The molecule has 1 amide bonds. The lowest BCUT2D eigenvalue weighted by atomic mass is 10.1. The van der Waals surface area contributed by atoms with Gasteiger partial charge in [0.25, 0.3) is 11.6 Å². The molecule has 2 aromatic rings. The fourth-order valence-corrected chi connectivity index (χ4v) is 4.21. The summed E-state index contributed by atoms with van der Waals surface area (Å²) < 4.78 is 11.5. The van der Waals surface area contributed by atoms with Crippen molar-refractivity contribution < 1.29 is 19.2 Å². The molecule has 0 saturated carbocycles. The lowest BCUT2D eigenvalue weighted by molar-refractivity contribution is -0.384. The number of nitro groups is 1. The van der Waals surface area contributed by atoms with Gasteiger partial charge in [-0.15, -0.1) is 0 Å². The summed E-state index contributed by atoms with van der Waals surface area (Å²) in [6.07, 6.45) is 1.51. The van der Waals surface area contributed by atoms with Crippen LogP contribution in [0.2, 0.25) is 5.02 Å². The van der Waals surface area contributed by atoms with Crippen LogP contribution < -0.4 is 9.47 Å². The van der Waals surface area contributed by atoms with E-state index in [0.717, 1.165) is 0 Å². The number of fused-ring (bicyclic) bond motifs is 1. The highest BCUT2D eigenvalue weighted by Crippen LogP contribution is 2.38. The van der Waals surface area contributed by atoms with Gasteiger partial charge in [0.2, 0.25) is 5.17 Å². The molecule has 0 atom stereocenters. The van der Waals surface area contributed by atoms with Crippen molar-refractivity contribution in [3.63, 3.8) is 0 Å². The Kier molecular flexibility index (Phi) is 6.66. The first-order valence-electron chi connectivity index (χ1n) is 10.1. The average Bonchev–Trinajstić information content (AvgIpc) is 3.16. The number of benzene rings is 2. The number of hydrogen-bond donors (Lipinski definition) is 1. The van der Waals surface area contributed by atoms with Crippen LogP contribution in [0.3, 0.4) is 0 Å². The fourth-order valence-electron chi connectivity index (χ4n) is 3.20. The van der Waals surface area contributed by atoms with E-state index in [1.54, 1.807) is 38.1 Å². The zero-order chi connectivity index (χ0) is 24.4. The van der Waals surface area contributed by atoms with Gasteiger partial charge in [-0.3, -0.25) is 20.3 Å². The van der Waals surface area contributed by atoms with Crippen molar-refractivity contribution in [3.8, 4) is 11.5 Å². The van der Waals surface area contributed by atoms with Crippen LogP contribution in [0.25, 0.3) is 6.08 Å². The minimum Gasteiger partial charge on any atom is -0.490 e. The SMILES string of the molecule is CCOc1cc(/C=C2/C(=N)N3N=C(C)SC3=NC2=O)cc(Cl)c1OCc1ccc([N+](=O)[O-])cc1. The van der Waals surface area contributed by atoms with Crippen LogP contribution in [-0.4, -0.2) is 38.5 Å². The van der Waals surface area contributed by atoms with Crippen molar-refractivity contribution in [2.45, 2.75) is 20.5 Å². The summed E-state index contributed by atoms with van der Waals surface area (Å²) in [5, 5.41) is 26.0. The molecule has 2 aliphatic heterocycles. The summed E-state index contributed by atoms with van der Waals surface area (Å²) in [7, 11) is 0. The maximum Gasteiger partial charge on any atom is 0.283 e. The number of hydrogen-bond acceptors (Lipinski definition) is 8. The quantitative estimate of drug-likeness (QED) is 0.327. The number of carbonyl (C=O) groups excluding carboxylic acids is 1. The summed E-state index contributed by atoms with van der Waals surface area (Å²) in [5.74, 6) is 0.0343. The van der Waals surface area contributed by atoms with E-state index in [1.165, 1.54) is 35.0 Å². The molecule has 12 heteroatoms. The van der Waals surface area contributed by atoms with Gasteiger partial charge in [0.1, 0.15) is 6.61 Å². The Hall–Kier alpha value is -3.70. The number of ether oxygens (including phenoxy) is 2. The number of rotatable bonds is 7. The lowest BCUT2D eigenvalue weighted by Gasteiger charge is -2.20. The molecule has 4 rings (SSSR count). The van der Waals surface area contributed by atoms with E-state index in [1.807, 2.05) is 0 Å². The topological polar surface area (TPSA) is 130 Å². The highest BCUT2D eigenvalue weighted by Gasteiger charge is 2.34.